The van der Waals surface area contributed by atoms with Gasteiger partial charge in [0.15, 0.2) is 0 Å². The van der Waals surface area contributed by atoms with Crippen molar-refractivity contribution < 1.29 is 0 Å². The quantitative estimate of drug-likeness (QED) is 0.516. The van der Waals surface area contributed by atoms with Gasteiger partial charge in [-0.3, -0.25) is 5.41 Å². The molecule has 0 aliphatic rings. The molecule has 2 aromatic carbocycles. The predicted molar refractivity (Wildman–Crippen MR) is 88.2 cm³/mol. The number of benzene rings is 2. The molecule has 0 unspecified atom stereocenters. The number of hydrogen-bond acceptors (Lipinski definition) is 2. The maximum Gasteiger partial charge on any atom is 0.209 e. The van der Waals surface area contributed by atoms with Crippen molar-refractivity contribution in [1.29, 1.82) is 5.41 Å². The van der Waals surface area contributed by atoms with Crippen LogP contribution in [-0.4, -0.2) is 23.7 Å². The van der Waals surface area contributed by atoms with Crippen LogP contribution in [0.4, 0.5) is 0 Å². The Morgan fingerprint density at radius 3 is 1.67 bits per heavy atom. The summed E-state index contributed by atoms with van der Waals surface area (Å²) < 4.78 is 0. The molecule has 0 aliphatic heterocycles. The molecule has 0 bridgehead atoms. The molecule has 0 saturated carbocycles. The molecule has 2 rings (SSSR count). The van der Waals surface area contributed by atoms with Gasteiger partial charge in [0, 0.05) is 28.2 Å². The zero-order valence-corrected chi connectivity index (χ0v) is 12.9. The summed E-state index contributed by atoms with van der Waals surface area (Å²) in [5, 5.41) is 14.4. The van der Waals surface area contributed by atoms with Gasteiger partial charge in [0.25, 0.3) is 0 Å². The molecule has 0 aromatic heterocycles. The molecule has 0 heterocycles. The average Bonchev–Trinajstić information content (AvgIpc) is 2.46. The third kappa shape index (κ3) is 3.97. The molecule has 0 amide bonds. The summed E-state index contributed by atoms with van der Waals surface area (Å²) in [5.41, 5.74) is 7.87. The number of guanidine groups is 1. The van der Waals surface area contributed by atoms with Crippen molar-refractivity contribution in [2.24, 2.45) is 10.8 Å². The normalized spacial score (nSPS) is 10.0. The first-order valence-corrected chi connectivity index (χ1v) is 6.91. The topological polar surface area (TPSA) is 65.5 Å². The third-order valence-corrected chi connectivity index (χ3v) is 3.34. The van der Waals surface area contributed by atoms with Gasteiger partial charge in [-0.1, -0.05) is 47.5 Å². The second kappa shape index (κ2) is 6.61. The van der Waals surface area contributed by atoms with E-state index in [1.54, 1.807) is 31.3 Å². The van der Waals surface area contributed by atoms with Crippen molar-refractivity contribution in [3.63, 3.8) is 0 Å². The summed E-state index contributed by atoms with van der Waals surface area (Å²) >= 11 is 11.8. The van der Waals surface area contributed by atoms with Gasteiger partial charge in [0.1, 0.15) is 0 Å². The van der Waals surface area contributed by atoms with Crippen LogP contribution in [0, 0.1) is 5.41 Å². The second-order valence-corrected chi connectivity index (χ2v) is 5.24. The molecular weight excluding hydrogens is 307 g/mol. The monoisotopic (exact) mass is 320 g/mol. The van der Waals surface area contributed by atoms with Gasteiger partial charge >= 0.3 is 0 Å². The van der Waals surface area contributed by atoms with Gasteiger partial charge in [-0.2, -0.15) is 5.10 Å². The fourth-order valence-electron chi connectivity index (χ4n) is 1.70. The fourth-order valence-corrected chi connectivity index (χ4v) is 1.95. The number of hydrogen-bond donors (Lipinski definition) is 2. The maximum absolute atomic E-state index is 7.44. The van der Waals surface area contributed by atoms with Crippen molar-refractivity contribution in [2.75, 3.05) is 7.05 Å². The van der Waals surface area contributed by atoms with Crippen LogP contribution >= 0.6 is 23.2 Å². The highest BCUT2D eigenvalue weighted by Gasteiger charge is 2.09. The number of nitrogens with one attached hydrogen (secondary N) is 1. The molecule has 6 heteroatoms. The van der Waals surface area contributed by atoms with E-state index in [-0.39, 0.29) is 5.96 Å². The lowest BCUT2D eigenvalue weighted by Gasteiger charge is -2.14. The summed E-state index contributed by atoms with van der Waals surface area (Å²) in [6, 6.07) is 14.6. The molecule has 108 valence electrons. The Bertz CT molecular complexity index is 616. The fraction of sp³-hybridized carbons (Fsp3) is 0.0667. The summed E-state index contributed by atoms with van der Waals surface area (Å²) in [4.78, 5) is 0. The lowest BCUT2D eigenvalue weighted by atomic mass is 10.0. The van der Waals surface area contributed by atoms with E-state index in [1.807, 2.05) is 24.3 Å². The number of halogens is 2. The van der Waals surface area contributed by atoms with E-state index in [0.717, 1.165) is 11.1 Å². The average molecular weight is 321 g/mol. The largest absolute Gasteiger partial charge is 0.369 e. The minimum absolute atomic E-state index is 0.143. The molecule has 0 saturated heterocycles. The van der Waals surface area contributed by atoms with Crippen LogP contribution in [0.2, 0.25) is 10.0 Å². The van der Waals surface area contributed by atoms with E-state index in [4.69, 9.17) is 34.3 Å². The van der Waals surface area contributed by atoms with E-state index in [0.29, 0.717) is 15.8 Å². The first-order chi connectivity index (χ1) is 9.97. The maximum atomic E-state index is 7.44. The highest BCUT2D eigenvalue weighted by molar-refractivity contribution is 6.31. The van der Waals surface area contributed by atoms with E-state index >= 15 is 0 Å². The minimum atomic E-state index is -0.143. The number of hydrazone groups is 1. The Labute approximate surface area is 133 Å². The molecule has 0 radical (unpaired) electrons. The van der Waals surface area contributed by atoms with E-state index in [9.17, 15) is 0 Å². The van der Waals surface area contributed by atoms with E-state index < -0.39 is 0 Å². The smallest absolute Gasteiger partial charge is 0.209 e. The molecular formula is C15H14Cl2N4. The van der Waals surface area contributed by atoms with Crippen LogP contribution in [0.3, 0.4) is 0 Å². The molecule has 4 nitrogen and oxygen atoms in total. The molecule has 0 atom stereocenters. The lowest BCUT2D eigenvalue weighted by molar-refractivity contribution is 0.534. The Balaban J connectivity index is 2.51. The van der Waals surface area contributed by atoms with Crippen LogP contribution in [0.25, 0.3) is 0 Å². The van der Waals surface area contributed by atoms with Gasteiger partial charge < -0.3 is 5.73 Å². The highest BCUT2D eigenvalue weighted by atomic mass is 35.5. The van der Waals surface area contributed by atoms with Gasteiger partial charge in [0.05, 0.1) is 5.71 Å². The lowest BCUT2D eigenvalue weighted by Crippen LogP contribution is -2.29. The zero-order valence-electron chi connectivity index (χ0n) is 11.3. The molecule has 2 aromatic rings. The Hall–Kier alpha value is -2.04. The van der Waals surface area contributed by atoms with Gasteiger partial charge in [-0.25, -0.2) is 5.01 Å². The van der Waals surface area contributed by atoms with E-state index in [2.05, 4.69) is 5.10 Å². The Kier molecular flexibility index (Phi) is 4.83. The highest BCUT2D eigenvalue weighted by Crippen LogP contribution is 2.17. The van der Waals surface area contributed by atoms with Crippen molar-refractivity contribution in [1.82, 2.24) is 5.01 Å². The van der Waals surface area contributed by atoms with Crippen LogP contribution in [0.1, 0.15) is 11.1 Å². The van der Waals surface area contributed by atoms with Crippen molar-refractivity contribution in [3.8, 4) is 0 Å². The van der Waals surface area contributed by atoms with Gasteiger partial charge in [0.2, 0.25) is 5.96 Å². The van der Waals surface area contributed by atoms with Crippen molar-refractivity contribution in [3.05, 3.63) is 69.7 Å². The summed E-state index contributed by atoms with van der Waals surface area (Å²) in [5.74, 6) is -0.143. The molecule has 0 aliphatic carbocycles. The molecule has 3 N–H and O–H groups in total. The number of rotatable bonds is 3. The van der Waals surface area contributed by atoms with Crippen LogP contribution < -0.4 is 5.73 Å². The Morgan fingerprint density at radius 2 is 1.33 bits per heavy atom. The molecule has 0 spiro atoms. The Morgan fingerprint density at radius 1 is 0.952 bits per heavy atom. The van der Waals surface area contributed by atoms with Crippen LogP contribution in [-0.2, 0) is 0 Å². The summed E-state index contributed by atoms with van der Waals surface area (Å²) in [6.45, 7) is 0. The molecule has 0 fully saturated rings. The third-order valence-electron chi connectivity index (χ3n) is 2.83. The van der Waals surface area contributed by atoms with Gasteiger partial charge in [-0.05, 0) is 24.3 Å². The predicted octanol–water partition coefficient (Wildman–Crippen LogP) is 3.57. The first-order valence-electron chi connectivity index (χ1n) is 6.15. The first kappa shape index (κ1) is 15.4. The van der Waals surface area contributed by atoms with Crippen molar-refractivity contribution in [2.45, 2.75) is 0 Å². The van der Waals surface area contributed by atoms with Crippen molar-refractivity contribution >= 4 is 34.9 Å². The minimum Gasteiger partial charge on any atom is -0.369 e. The van der Waals surface area contributed by atoms with Crippen LogP contribution in [0.15, 0.2) is 53.6 Å². The number of nitrogens with zero attached hydrogens (tertiary/aromatic N) is 2. The second-order valence-electron chi connectivity index (χ2n) is 4.37. The number of nitrogens with two attached hydrogens (primary N) is 1. The van der Waals surface area contributed by atoms with Crippen LogP contribution in [0.5, 0.6) is 0 Å². The van der Waals surface area contributed by atoms with Gasteiger partial charge in [-0.15, -0.1) is 0 Å². The SMILES string of the molecule is CN(N=C(c1ccc(Cl)cc1)c1ccc(Cl)cc1)C(=N)N. The standard InChI is InChI=1S/C15H14Cl2N4/c1-21(15(18)19)20-14(10-2-6-12(16)7-3-10)11-4-8-13(17)9-5-11/h2-9H,1H3,(H3,18,19). The summed E-state index contributed by atoms with van der Waals surface area (Å²) in [7, 11) is 1.62. The zero-order chi connectivity index (χ0) is 15.4. The van der Waals surface area contributed by atoms with E-state index in [1.165, 1.54) is 5.01 Å². The summed E-state index contributed by atoms with van der Waals surface area (Å²) in [6.07, 6.45) is 0. The molecule has 21 heavy (non-hydrogen) atoms.